The van der Waals surface area contributed by atoms with E-state index in [2.05, 4.69) is 0 Å². The van der Waals surface area contributed by atoms with Crippen LogP contribution in [-0.4, -0.2) is 352 Å². The third-order valence-electron chi connectivity index (χ3n) is 25.7. The van der Waals surface area contributed by atoms with E-state index in [1.165, 1.54) is 179 Å². The number of nitrogens with two attached hydrogens (primary N) is 3. The van der Waals surface area contributed by atoms with Crippen LogP contribution in [0.15, 0.2) is 224 Å². The lowest BCUT2D eigenvalue weighted by molar-refractivity contribution is -0.357. The number of ether oxygens (including phenoxy) is 17. The van der Waals surface area contributed by atoms with Gasteiger partial charge in [0.25, 0.3) is 35.4 Å². The van der Waals surface area contributed by atoms with Crippen LogP contribution in [0.2, 0.25) is 0 Å². The lowest BCUT2D eigenvalue weighted by atomic mass is 9.87. The highest BCUT2D eigenvalue weighted by Gasteiger charge is 2.65. The number of hydrogen-bond donors (Lipinski definition) is 11. The molecule has 17 rings (SSSR count). The van der Waals surface area contributed by atoms with Gasteiger partial charge < -0.3 is 139 Å². The van der Waals surface area contributed by atoms with Gasteiger partial charge in [-0.05, 0) is 97.1 Å². The fourth-order valence-electron chi connectivity index (χ4n) is 18.3. The Kier molecular flexibility index (Phi) is 33.9. The predicted molar refractivity (Wildman–Crippen MR) is 485 cm³/mol. The molecular formula is C100H108N6O36. The Bertz CT molecular complexity index is 5660. The zero-order valence-electron chi connectivity index (χ0n) is 77.0. The second-order valence-electron chi connectivity index (χ2n) is 34.1. The fourth-order valence-corrected chi connectivity index (χ4v) is 18.3. The van der Waals surface area contributed by atoms with Crippen LogP contribution in [0.3, 0.4) is 0 Å². The second-order valence-corrected chi connectivity index (χ2v) is 34.1. The molecular weight excluding hydrogens is 1860 g/mol. The van der Waals surface area contributed by atoms with Crippen LogP contribution >= 0.6 is 0 Å². The van der Waals surface area contributed by atoms with Gasteiger partial charge in [-0.25, -0.2) is 24.0 Å². The van der Waals surface area contributed by atoms with E-state index in [9.17, 15) is 74.4 Å². The molecule has 14 unspecified atom stereocenters. The minimum Gasteiger partial charge on any atom is -0.459 e. The van der Waals surface area contributed by atoms with Gasteiger partial charge in [0.05, 0.1) is 111 Å². The molecule has 0 radical (unpaired) electrons. The molecule has 9 aliphatic rings. The molecule has 14 N–H and O–H groups in total. The summed E-state index contributed by atoms with van der Waals surface area (Å²) in [6.45, 7) is 1.11. The number of fused-ring (bicyclic) bond motifs is 3. The first-order valence-electron chi connectivity index (χ1n) is 45.8. The zero-order valence-corrected chi connectivity index (χ0v) is 77.0. The third kappa shape index (κ3) is 21.3. The van der Waals surface area contributed by atoms with Crippen molar-refractivity contribution in [1.29, 1.82) is 0 Å². The number of aliphatic hydroxyl groups excluding tert-OH is 8. The van der Waals surface area contributed by atoms with Gasteiger partial charge in [0.1, 0.15) is 117 Å². The SMILES string of the molecule is CC.CO[C@H]1OC(CO)[C@H](OC2OC(CO)C(O[C@H]3OC(CO)[C@H](O)C(O)[C@H]3N)[C@H](O)[C@@H]2N)C(O)[C@H]1N.CO[C@H]1OC(COC(=O)c2ccccc2)[C@H](OC2OC(COC(=O)c3ccccc3)C(O[C@H]3OC(COC(=O)c4ccccc4)[C@H](O)C(C)[C@H]3N3C(=O)c4ccccc4C3=O)[C@H](OC(=O)c3ccccc3)[C@@H]2N2C(=O)c3ccccc3C2=O)C(OC(=O)c2ccccc2)[C@H]1N1C(=O)c2ccccc2C1=O. The van der Waals surface area contributed by atoms with Gasteiger partial charge in [-0.3, -0.25) is 43.5 Å². The number of nitrogens with zero attached hydrogens (tertiary/aromatic N) is 3. The van der Waals surface area contributed by atoms with Gasteiger partial charge in [-0.15, -0.1) is 0 Å². The second kappa shape index (κ2) is 46.3. The minimum absolute atomic E-state index is 0.00811. The van der Waals surface area contributed by atoms with Crippen molar-refractivity contribution < 1.29 is 174 Å². The van der Waals surface area contributed by atoms with E-state index in [1.54, 1.807) is 66.7 Å². The maximum atomic E-state index is 15.7. The van der Waals surface area contributed by atoms with Crippen LogP contribution in [0.1, 0.15) is 135 Å². The summed E-state index contributed by atoms with van der Waals surface area (Å²) in [6.07, 6.45) is -37.3. The van der Waals surface area contributed by atoms with Gasteiger partial charge >= 0.3 is 29.8 Å². The number of aliphatic hydroxyl groups is 8. The fraction of sp³-hybridized carbons (Fsp3) is 0.410. The first kappa shape index (κ1) is 104. The van der Waals surface area contributed by atoms with Crippen molar-refractivity contribution in [2.75, 3.05) is 53.9 Å². The molecule has 0 aromatic heterocycles. The molecule has 0 aliphatic carbocycles. The highest BCUT2D eigenvalue weighted by atomic mass is 16.8. The number of carbonyl (C=O) groups excluding carboxylic acids is 11. The summed E-state index contributed by atoms with van der Waals surface area (Å²) in [5.41, 5.74) is 17.3. The van der Waals surface area contributed by atoms with Crippen molar-refractivity contribution in [3.63, 3.8) is 0 Å². The maximum absolute atomic E-state index is 15.7. The monoisotopic (exact) mass is 1970 g/mol. The van der Waals surface area contributed by atoms with E-state index in [4.69, 9.17) is 97.7 Å². The Labute approximate surface area is 811 Å². The molecule has 0 saturated carbocycles. The summed E-state index contributed by atoms with van der Waals surface area (Å²) in [5.74, 6) is -11.9. The number of esters is 5. The number of imide groups is 3. The van der Waals surface area contributed by atoms with E-state index < -0.39 is 289 Å². The molecule has 8 aromatic rings. The quantitative estimate of drug-likeness (QED) is 0.0180. The van der Waals surface area contributed by atoms with Gasteiger partial charge in [0, 0.05) is 20.1 Å². The van der Waals surface area contributed by atoms with Crippen LogP contribution in [-0.2, 0) is 80.5 Å². The predicted octanol–water partition coefficient (Wildman–Crippen LogP) is 1.60. The van der Waals surface area contributed by atoms with Crippen molar-refractivity contribution in [3.05, 3.63) is 286 Å². The zero-order chi connectivity index (χ0) is 101. The molecule has 9 aliphatic heterocycles. The van der Waals surface area contributed by atoms with Crippen molar-refractivity contribution in [2.45, 2.75) is 199 Å². The first-order valence-corrected chi connectivity index (χ1v) is 45.8. The Hall–Kier alpha value is -12.4. The van der Waals surface area contributed by atoms with Gasteiger partial charge in [-0.1, -0.05) is 148 Å². The summed E-state index contributed by atoms with van der Waals surface area (Å²) in [6, 6.07) is 46.2. The minimum atomic E-state index is -2.34. The summed E-state index contributed by atoms with van der Waals surface area (Å²) in [4.78, 5) is 166. The largest absolute Gasteiger partial charge is 0.459 e. The van der Waals surface area contributed by atoms with Crippen molar-refractivity contribution in [2.24, 2.45) is 23.1 Å². The summed E-state index contributed by atoms with van der Waals surface area (Å²) >= 11 is 0. The standard InChI is InChI=1S/C79H65N3O23.C19H37N3O13.C2H6/c1-43-58(80-66(84)49-34-18-19-35-50(49)67(80)85)78(99-55(61(43)83)40-96-72(90)44-24-8-3-9-25-44)104-63-57(42-98-74(92)46-28-12-5-13-29-46)101-79(60(65(63)103-76(94)48-32-16-7-17-33-48)82-70(88)53-38-22-23-39-54(53)71(82)89)105-62-56(41-97-73(91)45-26-10-4-11-27-45)100-77(95-2)59(64(62)102-75(93)47-30-14-6-15-31-47)81-68(86)51-36-20-21-37-52(51)69(81)87;1-30-17-9(21)13(28)15(6(3-24)32-17)35-19-10(22)14(29)16(7(4-25)33-19)34-18-8(20)12(27)11(26)5(2-23)31-18;1-2/h3-39,43,55-65,77-79,83H,40-42H2,1-2H3;5-19,23-29H,2-4,20-22H2,1H3;1-2H3/t43?,55?,56?,57?,58-,59-,60+,61-,62+,63?,64?,65-,77+,78-,79?;5?,6?,7?,8-,9-,10+,11+,12?,13?,14-,15+,16?,17+,18-,19?;/m11./s1. The number of amides is 6. The number of hydrogen-bond acceptors (Lipinski definition) is 39. The van der Waals surface area contributed by atoms with E-state index in [-0.39, 0.29) is 61.2 Å². The van der Waals surface area contributed by atoms with Crippen molar-refractivity contribution >= 4 is 65.3 Å². The number of benzene rings is 8. The van der Waals surface area contributed by atoms with Gasteiger partial charge in [0.15, 0.2) is 49.9 Å². The number of methoxy groups -OCH3 is 2. The summed E-state index contributed by atoms with van der Waals surface area (Å²) < 4.78 is 105. The third-order valence-corrected chi connectivity index (χ3v) is 25.7. The molecule has 0 spiro atoms. The van der Waals surface area contributed by atoms with Gasteiger partial charge in [-0.2, -0.15) is 0 Å². The smallest absolute Gasteiger partial charge is 0.338 e. The number of carbonyl (C=O) groups is 11. The average molecular weight is 1970 g/mol. The molecule has 30 atom stereocenters. The molecule has 6 saturated heterocycles. The Balaban J connectivity index is 0.000000345. The lowest BCUT2D eigenvalue weighted by Gasteiger charge is -2.53. The molecule has 142 heavy (non-hydrogen) atoms. The van der Waals surface area contributed by atoms with Crippen LogP contribution in [0.25, 0.3) is 0 Å². The molecule has 6 fully saturated rings. The van der Waals surface area contributed by atoms with Crippen LogP contribution in [0.4, 0.5) is 0 Å². The van der Waals surface area contributed by atoms with Gasteiger partial charge in [0.2, 0.25) is 0 Å². The highest BCUT2D eigenvalue weighted by Crippen LogP contribution is 2.45. The van der Waals surface area contributed by atoms with Crippen LogP contribution < -0.4 is 17.2 Å². The molecule has 6 amide bonds. The highest BCUT2D eigenvalue weighted by molar-refractivity contribution is 6.23. The van der Waals surface area contributed by atoms with Crippen molar-refractivity contribution in [1.82, 2.24) is 14.7 Å². The topological polar surface area (TPSA) is 594 Å². The number of rotatable bonds is 29. The first-order chi connectivity index (χ1) is 68.6. The normalized spacial score (nSPS) is 32.0. The van der Waals surface area contributed by atoms with E-state index in [1.807, 2.05) is 13.8 Å². The maximum Gasteiger partial charge on any atom is 0.338 e. The van der Waals surface area contributed by atoms with Crippen LogP contribution in [0, 0.1) is 5.92 Å². The molecule has 754 valence electrons. The average Bonchev–Trinajstić information content (AvgIpc) is 1.52. The Morgan fingerprint density at radius 1 is 0.289 bits per heavy atom. The molecule has 0 bridgehead atoms. The molecule has 9 heterocycles. The summed E-state index contributed by atoms with van der Waals surface area (Å²) in [7, 11) is 2.49. The molecule has 42 heteroatoms. The van der Waals surface area contributed by atoms with E-state index in [0.29, 0.717) is 4.90 Å². The summed E-state index contributed by atoms with van der Waals surface area (Å²) in [5, 5.41) is 82.8. The van der Waals surface area contributed by atoms with E-state index >= 15 is 19.2 Å². The molecule has 8 aromatic carbocycles. The Morgan fingerprint density at radius 3 is 0.880 bits per heavy atom. The Morgan fingerprint density at radius 2 is 0.542 bits per heavy atom. The van der Waals surface area contributed by atoms with Crippen LogP contribution in [0.5, 0.6) is 0 Å². The lowest BCUT2D eigenvalue weighted by Crippen LogP contribution is -2.72. The van der Waals surface area contributed by atoms with E-state index in [0.717, 1.165) is 9.80 Å². The van der Waals surface area contributed by atoms with Crippen molar-refractivity contribution in [3.8, 4) is 0 Å². The molecule has 42 nitrogen and oxygen atoms in total.